The zero-order valence-electron chi connectivity index (χ0n) is 14.1. The average Bonchev–Trinajstić information content (AvgIpc) is 3.08. The van der Waals surface area contributed by atoms with Crippen LogP contribution in [0.1, 0.15) is 16.7 Å². The summed E-state index contributed by atoms with van der Waals surface area (Å²) in [4.78, 5) is 0. The van der Waals surface area contributed by atoms with Gasteiger partial charge in [-0.15, -0.1) is 0 Å². The summed E-state index contributed by atoms with van der Waals surface area (Å²) >= 11 is 0. The molecule has 136 valence electrons. The predicted molar refractivity (Wildman–Crippen MR) is 89.2 cm³/mol. The Morgan fingerprint density at radius 1 is 1.12 bits per heavy atom. The van der Waals surface area contributed by atoms with Crippen molar-refractivity contribution in [3.8, 4) is 11.4 Å². The molecule has 0 aliphatic rings. The molecule has 6 nitrogen and oxygen atoms in total. The first-order valence-electron chi connectivity index (χ1n) is 7.72. The molecule has 0 saturated heterocycles. The fourth-order valence-corrected chi connectivity index (χ4v) is 2.43. The van der Waals surface area contributed by atoms with Crippen LogP contribution in [0.15, 0.2) is 42.5 Å². The summed E-state index contributed by atoms with van der Waals surface area (Å²) in [5, 5.41) is 14.2. The molecule has 0 aliphatic heterocycles. The van der Waals surface area contributed by atoms with Gasteiger partial charge in [-0.05, 0) is 47.2 Å². The van der Waals surface area contributed by atoms with E-state index in [1.165, 1.54) is 23.9 Å². The SMILES string of the molecule is COc1ccc(CNc2nnnn2-c2ccc(C)cc2)c(C(F)(F)F)c1. The van der Waals surface area contributed by atoms with Gasteiger partial charge in [-0.3, -0.25) is 0 Å². The fourth-order valence-electron chi connectivity index (χ4n) is 2.43. The maximum absolute atomic E-state index is 13.3. The minimum atomic E-state index is -4.49. The largest absolute Gasteiger partial charge is 0.497 e. The second kappa shape index (κ2) is 7.03. The molecule has 0 radical (unpaired) electrons. The first-order valence-corrected chi connectivity index (χ1v) is 7.72. The van der Waals surface area contributed by atoms with E-state index in [0.717, 1.165) is 11.6 Å². The van der Waals surface area contributed by atoms with Gasteiger partial charge in [-0.25, -0.2) is 0 Å². The molecule has 3 aromatic rings. The molecular weight excluding hydrogens is 347 g/mol. The molecule has 0 amide bonds. The molecule has 1 aromatic heterocycles. The molecule has 0 unspecified atom stereocenters. The summed E-state index contributed by atoms with van der Waals surface area (Å²) in [6.45, 7) is 1.86. The Hall–Kier alpha value is -3.10. The van der Waals surface area contributed by atoms with E-state index >= 15 is 0 Å². The molecule has 0 saturated carbocycles. The van der Waals surface area contributed by atoms with E-state index in [9.17, 15) is 13.2 Å². The Bertz CT molecular complexity index is 890. The van der Waals surface area contributed by atoms with Crippen LogP contribution in [0.4, 0.5) is 19.1 Å². The standard InChI is InChI=1S/C17H16F3N5O/c1-11-3-6-13(7-4-11)25-16(22-23-24-25)21-10-12-5-8-14(26-2)9-15(12)17(18,19)20/h3-9H,10H2,1-2H3,(H,21,22,24). The Kier molecular flexibility index (Phi) is 4.79. The Labute approximate surface area is 147 Å². The lowest BCUT2D eigenvalue weighted by Gasteiger charge is -2.15. The summed E-state index contributed by atoms with van der Waals surface area (Å²) in [6.07, 6.45) is -4.49. The molecule has 1 N–H and O–H groups in total. The van der Waals surface area contributed by atoms with Crippen molar-refractivity contribution in [2.24, 2.45) is 0 Å². The highest BCUT2D eigenvalue weighted by molar-refractivity contribution is 5.43. The monoisotopic (exact) mass is 363 g/mol. The van der Waals surface area contributed by atoms with Gasteiger partial charge in [-0.1, -0.05) is 28.9 Å². The van der Waals surface area contributed by atoms with Crippen LogP contribution in [0.25, 0.3) is 5.69 Å². The smallest absolute Gasteiger partial charge is 0.416 e. The van der Waals surface area contributed by atoms with Crippen LogP contribution in [0, 0.1) is 6.92 Å². The zero-order chi connectivity index (χ0) is 18.7. The normalized spacial score (nSPS) is 11.4. The van der Waals surface area contributed by atoms with E-state index < -0.39 is 11.7 Å². The molecule has 0 bridgehead atoms. The molecule has 1 heterocycles. The number of tetrazole rings is 1. The van der Waals surface area contributed by atoms with Crippen molar-refractivity contribution >= 4 is 5.95 Å². The highest BCUT2D eigenvalue weighted by Crippen LogP contribution is 2.34. The van der Waals surface area contributed by atoms with Crippen LogP contribution in [-0.4, -0.2) is 27.3 Å². The third kappa shape index (κ3) is 3.76. The molecule has 26 heavy (non-hydrogen) atoms. The van der Waals surface area contributed by atoms with Gasteiger partial charge in [-0.2, -0.15) is 17.9 Å². The molecule has 0 aliphatic carbocycles. The minimum Gasteiger partial charge on any atom is -0.497 e. The summed E-state index contributed by atoms with van der Waals surface area (Å²) in [7, 11) is 1.32. The molecule has 2 aromatic carbocycles. The number of aromatic nitrogens is 4. The van der Waals surface area contributed by atoms with Crippen molar-refractivity contribution in [3.63, 3.8) is 0 Å². The average molecular weight is 363 g/mol. The van der Waals surface area contributed by atoms with Gasteiger partial charge in [0.2, 0.25) is 5.95 Å². The van der Waals surface area contributed by atoms with Crippen molar-refractivity contribution in [2.75, 3.05) is 12.4 Å². The van der Waals surface area contributed by atoms with Gasteiger partial charge in [0.05, 0.1) is 18.4 Å². The first kappa shape index (κ1) is 17.7. The maximum atomic E-state index is 13.3. The second-order valence-electron chi connectivity index (χ2n) is 5.62. The lowest BCUT2D eigenvalue weighted by Crippen LogP contribution is -2.14. The van der Waals surface area contributed by atoms with Gasteiger partial charge < -0.3 is 10.1 Å². The Morgan fingerprint density at radius 3 is 2.50 bits per heavy atom. The van der Waals surface area contributed by atoms with Crippen LogP contribution in [0.5, 0.6) is 5.75 Å². The number of benzene rings is 2. The van der Waals surface area contributed by atoms with Gasteiger partial charge in [0.1, 0.15) is 5.75 Å². The van der Waals surface area contributed by atoms with E-state index in [1.807, 2.05) is 31.2 Å². The van der Waals surface area contributed by atoms with E-state index in [1.54, 1.807) is 0 Å². The number of hydrogen-bond acceptors (Lipinski definition) is 5. The quantitative estimate of drug-likeness (QED) is 0.750. The number of nitrogens with one attached hydrogen (secondary N) is 1. The number of methoxy groups -OCH3 is 1. The highest BCUT2D eigenvalue weighted by Gasteiger charge is 2.33. The number of halogens is 3. The van der Waals surface area contributed by atoms with Crippen LogP contribution in [-0.2, 0) is 12.7 Å². The highest BCUT2D eigenvalue weighted by atomic mass is 19.4. The number of rotatable bonds is 5. The molecule has 0 spiro atoms. The summed E-state index contributed by atoms with van der Waals surface area (Å²) in [5.41, 5.74) is 1.08. The first-order chi connectivity index (χ1) is 12.4. The van der Waals surface area contributed by atoms with Crippen molar-refractivity contribution < 1.29 is 17.9 Å². The number of nitrogens with zero attached hydrogens (tertiary/aromatic N) is 4. The van der Waals surface area contributed by atoms with Crippen molar-refractivity contribution in [3.05, 3.63) is 59.2 Å². The van der Waals surface area contributed by atoms with E-state index in [4.69, 9.17) is 4.74 Å². The van der Waals surface area contributed by atoms with Gasteiger partial charge in [0.15, 0.2) is 0 Å². The number of aryl methyl sites for hydroxylation is 1. The van der Waals surface area contributed by atoms with Crippen molar-refractivity contribution in [1.82, 2.24) is 20.2 Å². The maximum Gasteiger partial charge on any atom is 0.416 e. The number of alkyl halides is 3. The molecule has 3 rings (SSSR count). The van der Waals surface area contributed by atoms with E-state index in [-0.39, 0.29) is 23.8 Å². The van der Waals surface area contributed by atoms with Crippen LogP contribution >= 0.6 is 0 Å². The van der Waals surface area contributed by atoms with Crippen molar-refractivity contribution in [1.29, 1.82) is 0 Å². The lowest BCUT2D eigenvalue weighted by atomic mass is 10.1. The summed E-state index contributed by atoms with van der Waals surface area (Å²) < 4.78 is 46.2. The van der Waals surface area contributed by atoms with Crippen molar-refractivity contribution in [2.45, 2.75) is 19.6 Å². The lowest BCUT2D eigenvalue weighted by molar-refractivity contribution is -0.138. The fraction of sp³-hybridized carbons (Fsp3) is 0.235. The zero-order valence-corrected chi connectivity index (χ0v) is 14.1. The summed E-state index contributed by atoms with van der Waals surface area (Å²) in [6, 6.07) is 11.3. The summed E-state index contributed by atoms with van der Waals surface area (Å²) in [5.74, 6) is 0.392. The molecular formula is C17H16F3N5O. The third-order valence-corrected chi connectivity index (χ3v) is 3.81. The minimum absolute atomic E-state index is 0.0664. The molecule has 9 heteroatoms. The number of ether oxygens (including phenoxy) is 1. The third-order valence-electron chi connectivity index (χ3n) is 3.81. The van der Waals surface area contributed by atoms with Crippen LogP contribution in [0.3, 0.4) is 0 Å². The predicted octanol–water partition coefficient (Wildman–Crippen LogP) is 3.61. The van der Waals surface area contributed by atoms with Gasteiger partial charge in [0.25, 0.3) is 0 Å². The van der Waals surface area contributed by atoms with E-state index in [2.05, 4.69) is 20.8 Å². The van der Waals surface area contributed by atoms with Gasteiger partial charge in [0, 0.05) is 6.54 Å². The molecule has 0 atom stereocenters. The van der Waals surface area contributed by atoms with Crippen LogP contribution < -0.4 is 10.1 Å². The Balaban J connectivity index is 1.85. The number of hydrogen-bond donors (Lipinski definition) is 1. The Morgan fingerprint density at radius 2 is 1.85 bits per heavy atom. The van der Waals surface area contributed by atoms with E-state index in [0.29, 0.717) is 5.69 Å². The second-order valence-corrected chi connectivity index (χ2v) is 5.62. The topological polar surface area (TPSA) is 64.9 Å². The number of anilines is 1. The van der Waals surface area contributed by atoms with Crippen LogP contribution in [0.2, 0.25) is 0 Å². The van der Waals surface area contributed by atoms with Gasteiger partial charge >= 0.3 is 6.18 Å². The molecule has 0 fully saturated rings.